The van der Waals surface area contributed by atoms with Gasteiger partial charge in [-0.2, -0.15) is 13.2 Å². The SMILES string of the molecule is COc1n[nH]c(NC2=CNOC=C2)c1C(F)(F)F. The maximum absolute atomic E-state index is 12.8. The maximum atomic E-state index is 12.8. The van der Waals surface area contributed by atoms with Gasteiger partial charge in [0.05, 0.1) is 19.0 Å². The summed E-state index contributed by atoms with van der Waals surface area (Å²) in [6, 6.07) is 0. The molecule has 9 heteroatoms. The minimum absolute atomic E-state index is 0.307. The standard InChI is InChI=1S/C9H9F3N4O2/c1-17-8-6(9(10,11)12)7(15-16-8)14-5-2-3-18-13-4-5/h2-4,13H,1H3,(H2,14,15,16). The van der Waals surface area contributed by atoms with Crippen LogP contribution < -0.4 is 15.5 Å². The van der Waals surface area contributed by atoms with E-state index in [2.05, 4.69) is 30.6 Å². The molecule has 0 atom stereocenters. The number of rotatable bonds is 3. The maximum Gasteiger partial charge on any atom is 0.425 e. The topological polar surface area (TPSA) is 71.2 Å². The van der Waals surface area contributed by atoms with Crippen LogP contribution in [0, 0.1) is 0 Å². The van der Waals surface area contributed by atoms with Crippen LogP contribution in [0.15, 0.2) is 24.2 Å². The zero-order valence-electron chi connectivity index (χ0n) is 9.13. The van der Waals surface area contributed by atoms with Crippen molar-refractivity contribution >= 4 is 5.82 Å². The van der Waals surface area contributed by atoms with Gasteiger partial charge < -0.3 is 14.9 Å². The molecule has 0 amide bonds. The lowest BCUT2D eigenvalue weighted by Crippen LogP contribution is -2.14. The zero-order valence-corrected chi connectivity index (χ0v) is 9.13. The summed E-state index contributed by atoms with van der Waals surface area (Å²) in [7, 11) is 1.12. The Labute approximate surface area is 99.4 Å². The minimum Gasteiger partial charge on any atom is -0.479 e. The Morgan fingerprint density at radius 1 is 1.44 bits per heavy atom. The minimum atomic E-state index is -4.58. The van der Waals surface area contributed by atoms with Crippen LogP contribution >= 0.6 is 0 Å². The first kappa shape index (κ1) is 12.1. The lowest BCUT2D eigenvalue weighted by Gasteiger charge is -2.13. The van der Waals surface area contributed by atoms with E-state index in [1.54, 1.807) is 0 Å². The first-order valence-corrected chi connectivity index (χ1v) is 4.77. The van der Waals surface area contributed by atoms with Crippen molar-refractivity contribution in [2.24, 2.45) is 0 Å². The highest BCUT2D eigenvalue weighted by molar-refractivity contribution is 5.56. The lowest BCUT2D eigenvalue weighted by molar-refractivity contribution is -0.138. The van der Waals surface area contributed by atoms with Gasteiger partial charge in [0.2, 0.25) is 5.88 Å². The highest BCUT2D eigenvalue weighted by atomic mass is 19.4. The van der Waals surface area contributed by atoms with Gasteiger partial charge in [-0.05, 0) is 0 Å². The molecule has 1 aromatic heterocycles. The van der Waals surface area contributed by atoms with Crippen LogP contribution in [0.3, 0.4) is 0 Å². The number of allylic oxidation sites excluding steroid dienone is 1. The van der Waals surface area contributed by atoms with Gasteiger partial charge in [-0.1, -0.05) is 0 Å². The molecular weight excluding hydrogens is 253 g/mol. The number of nitrogens with one attached hydrogen (secondary N) is 3. The van der Waals surface area contributed by atoms with Crippen LogP contribution in [0.4, 0.5) is 19.0 Å². The highest BCUT2D eigenvalue weighted by Crippen LogP contribution is 2.40. The summed E-state index contributed by atoms with van der Waals surface area (Å²) in [4.78, 5) is 4.64. The van der Waals surface area contributed by atoms with Gasteiger partial charge in [0.1, 0.15) is 12.1 Å². The molecule has 0 aromatic carbocycles. The van der Waals surface area contributed by atoms with Crippen LogP contribution in [0.1, 0.15) is 5.56 Å². The number of hydrogen-bond acceptors (Lipinski definition) is 5. The summed E-state index contributed by atoms with van der Waals surface area (Å²) in [5.41, 5.74) is 1.75. The normalized spacial score (nSPS) is 14.6. The molecule has 0 saturated heterocycles. The first-order valence-electron chi connectivity index (χ1n) is 4.77. The average Bonchev–Trinajstić information content (AvgIpc) is 2.73. The van der Waals surface area contributed by atoms with Crippen molar-refractivity contribution < 1.29 is 22.7 Å². The smallest absolute Gasteiger partial charge is 0.425 e. The van der Waals surface area contributed by atoms with Crippen molar-refractivity contribution in [1.82, 2.24) is 15.7 Å². The van der Waals surface area contributed by atoms with E-state index < -0.39 is 17.6 Å². The lowest BCUT2D eigenvalue weighted by atomic mass is 10.3. The third kappa shape index (κ3) is 2.34. The molecule has 6 nitrogen and oxygen atoms in total. The summed E-state index contributed by atoms with van der Waals surface area (Å²) in [6.45, 7) is 0. The van der Waals surface area contributed by atoms with E-state index in [0.29, 0.717) is 5.70 Å². The predicted molar refractivity (Wildman–Crippen MR) is 55.2 cm³/mol. The number of nitrogens with zero attached hydrogens (tertiary/aromatic N) is 1. The molecule has 0 saturated carbocycles. The highest BCUT2D eigenvalue weighted by Gasteiger charge is 2.40. The molecule has 0 fully saturated rings. The van der Waals surface area contributed by atoms with Crippen LogP contribution in [0.25, 0.3) is 0 Å². The van der Waals surface area contributed by atoms with Gasteiger partial charge in [0.15, 0.2) is 5.56 Å². The number of H-pyrrole nitrogens is 1. The molecule has 1 aliphatic heterocycles. The Morgan fingerprint density at radius 2 is 2.22 bits per heavy atom. The summed E-state index contributed by atoms with van der Waals surface area (Å²) >= 11 is 0. The summed E-state index contributed by atoms with van der Waals surface area (Å²) in [6.07, 6.45) is -0.496. The molecule has 18 heavy (non-hydrogen) atoms. The number of aromatic amines is 1. The molecule has 3 N–H and O–H groups in total. The second kappa shape index (κ2) is 4.51. The third-order valence-electron chi connectivity index (χ3n) is 2.08. The van der Waals surface area contributed by atoms with Gasteiger partial charge in [0.25, 0.3) is 0 Å². The molecule has 0 radical (unpaired) electrons. The van der Waals surface area contributed by atoms with E-state index in [1.165, 1.54) is 18.5 Å². The van der Waals surface area contributed by atoms with Crippen LogP contribution in [-0.2, 0) is 11.0 Å². The van der Waals surface area contributed by atoms with Gasteiger partial charge in [0, 0.05) is 6.08 Å². The molecule has 0 spiro atoms. The van der Waals surface area contributed by atoms with E-state index in [9.17, 15) is 13.2 Å². The monoisotopic (exact) mass is 262 g/mol. The fourth-order valence-corrected chi connectivity index (χ4v) is 1.34. The van der Waals surface area contributed by atoms with Gasteiger partial charge in [-0.15, -0.1) is 5.10 Å². The van der Waals surface area contributed by atoms with E-state index in [0.717, 1.165) is 7.11 Å². The number of aromatic nitrogens is 2. The molecule has 0 unspecified atom stereocenters. The Balaban J connectivity index is 2.30. The van der Waals surface area contributed by atoms with Crippen LogP contribution in [-0.4, -0.2) is 17.3 Å². The van der Waals surface area contributed by atoms with E-state index in [-0.39, 0.29) is 5.82 Å². The van der Waals surface area contributed by atoms with Crippen molar-refractivity contribution in [2.75, 3.05) is 12.4 Å². The summed E-state index contributed by atoms with van der Waals surface area (Å²) < 4.78 is 43.0. The number of halogens is 3. The molecule has 2 rings (SSSR count). The predicted octanol–water partition coefficient (Wildman–Crippen LogP) is 1.74. The van der Waals surface area contributed by atoms with E-state index in [1.807, 2.05) is 0 Å². The first-order chi connectivity index (χ1) is 8.52. The van der Waals surface area contributed by atoms with E-state index >= 15 is 0 Å². The number of hydroxylamine groups is 1. The number of anilines is 1. The molecule has 0 bridgehead atoms. The van der Waals surface area contributed by atoms with Crippen molar-refractivity contribution in [3.63, 3.8) is 0 Å². The largest absolute Gasteiger partial charge is 0.479 e. The Morgan fingerprint density at radius 3 is 2.78 bits per heavy atom. The molecule has 1 aliphatic rings. The Hall–Kier alpha value is -2.32. The second-order valence-corrected chi connectivity index (χ2v) is 3.24. The Bertz CT molecular complexity index is 492. The number of alkyl halides is 3. The molecule has 0 aliphatic carbocycles. The summed E-state index contributed by atoms with van der Waals surface area (Å²) in [5, 5.41) is 8.19. The van der Waals surface area contributed by atoms with Gasteiger partial charge in [-0.3, -0.25) is 5.10 Å². The number of methoxy groups -OCH3 is 1. The fourth-order valence-electron chi connectivity index (χ4n) is 1.34. The quantitative estimate of drug-likeness (QED) is 0.774. The molecule has 2 heterocycles. The van der Waals surface area contributed by atoms with Crippen LogP contribution in [0.5, 0.6) is 5.88 Å². The van der Waals surface area contributed by atoms with Crippen LogP contribution in [0.2, 0.25) is 0 Å². The van der Waals surface area contributed by atoms with Crippen molar-refractivity contribution in [3.05, 3.63) is 29.8 Å². The van der Waals surface area contributed by atoms with Crippen molar-refractivity contribution in [1.29, 1.82) is 0 Å². The van der Waals surface area contributed by atoms with Crippen molar-refractivity contribution in [3.8, 4) is 5.88 Å². The van der Waals surface area contributed by atoms with E-state index in [4.69, 9.17) is 0 Å². The third-order valence-corrected chi connectivity index (χ3v) is 2.08. The molecule has 1 aromatic rings. The summed E-state index contributed by atoms with van der Waals surface area (Å²) in [5.74, 6) is -0.825. The van der Waals surface area contributed by atoms with Crippen molar-refractivity contribution in [2.45, 2.75) is 6.18 Å². The fraction of sp³-hybridized carbons (Fsp3) is 0.222. The zero-order chi connectivity index (χ0) is 13.2. The number of hydrogen-bond donors (Lipinski definition) is 3. The molecule has 98 valence electrons. The van der Waals surface area contributed by atoms with Gasteiger partial charge in [-0.25, -0.2) is 5.48 Å². The van der Waals surface area contributed by atoms with Gasteiger partial charge >= 0.3 is 6.18 Å². The Kier molecular flexibility index (Phi) is 3.04. The average molecular weight is 262 g/mol. The molecular formula is C9H9F3N4O2. The second-order valence-electron chi connectivity index (χ2n) is 3.24. The number of ether oxygens (including phenoxy) is 1.